The van der Waals surface area contributed by atoms with Crippen LogP contribution >= 0.6 is 0 Å². The Morgan fingerprint density at radius 2 is 2.12 bits per heavy atom. The maximum absolute atomic E-state index is 11.3. The first kappa shape index (κ1) is 10.2. The number of nitrogens with zero attached hydrogens (tertiary/aromatic N) is 2. The summed E-state index contributed by atoms with van der Waals surface area (Å²) in [6.07, 6.45) is 2.90. The summed E-state index contributed by atoms with van der Waals surface area (Å²) in [5, 5.41) is 11.2. The summed E-state index contributed by atoms with van der Waals surface area (Å²) >= 11 is 0. The molecule has 0 atom stereocenters. The van der Waals surface area contributed by atoms with Crippen LogP contribution in [0, 0.1) is 0 Å². The Labute approximate surface area is 90.5 Å². The van der Waals surface area contributed by atoms with Crippen molar-refractivity contribution in [2.45, 2.75) is 0 Å². The van der Waals surface area contributed by atoms with Gasteiger partial charge in [-0.3, -0.25) is 4.79 Å². The molecule has 0 aliphatic rings. The summed E-state index contributed by atoms with van der Waals surface area (Å²) in [5.41, 5.74) is 0.892. The first-order valence-electron chi connectivity index (χ1n) is 4.56. The fourth-order valence-corrected chi connectivity index (χ4v) is 1.37. The van der Waals surface area contributed by atoms with E-state index in [-0.39, 0.29) is 11.6 Å². The first-order valence-corrected chi connectivity index (χ1v) is 4.56. The molecule has 0 unspecified atom stereocenters. The van der Waals surface area contributed by atoms with Crippen LogP contribution in [0.25, 0.3) is 5.65 Å². The second-order valence-electron chi connectivity index (χ2n) is 3.19. The van der Waals surface area contributed by atoms with E-state index >= 15 is 0 Å². The van der Waals surface area contributed by atoms with Gasteiger partial charge in [0.05, 0.1) is 5.56 Å². The van der Waals surface area contributed by atoms with Gasteiger partial charge in [-0.1, -0.05) is 0 Å². The lowest BCUT2D eigenvalue weighted by atomic mass is 10.2. The Morgan fingerprint density at radius 3 is 2.75 bits per heavy atom. The minimum atomic E-state index is -1.09. The molecule has 0 saturated heterocycles. The second kappa shape index (κ2) is 3.65. The number of amides is 1. The number of carboxylic acid groups (broad SMARTS) is 1. The van der Waals surface area contributed by atoms with E-state index in [0.717, 1.165) is 0 Å². The largest absolute Gasteiger partial charge is 0.476 e. The summed E-state index contributed by atoms with van der Waals surface area (Å²) in [6, 6.07) is 3.18. The van der Waals surface area contributed by atoms with Crippen molar-refractivity contribution in [3.8, 4) is 0 Å². The minimum absolute atomic E-state index is 0.0472. The number of carboxylic acids is 1. The normalized spacial score (nSPS) is 10.3. The van der Waals surface area contributed by atoms with E-state index < -0.39 is 5.97 Å². The maximum atomic E-state index is 11.3. The quantitative estimate of drug-likeness (QED) is 0.765. The molecule has 6 heteroatoms. The predicted molar refractivity (Wildman–Crippen MR) is 55.5 cm³/mol. The second-order valence-corrected chi connectivity index (χ2v) is 3.19. The van der Waals surface area contributed by atoms with Crippen molar-refractivity contribution in [2.24, 2.45) is 0 Å². The highest BCUT2D eigenvalue weighted by Crippen LogP contribution is 2.07. The molecular weight excluding hydrogens is 210 g/mol. The zero-order valence-electron chi connectivity index (χ0n) is 8.47. The van der Waals surface area contributed by atoms with Gasteiger partial charge in [-0.05, 0) is 12.1 Å². The number of rotatable bonds is 2. The van der Waals surface area contributed by atoms with Crippen LogP contribution in [0.1, 0.15) is 20.8 Å². The molecule has 0 saturated carbocycles. The first-order chi connectivity index (χ1) is 7.61. The van der Waals surface area contributed by atoms with E-state index in [1.165, 1.54) is 23.8 Å². The third kappa shape index (κ3) is 1.60. The van der Waals surface area contributed by atoms with Crippen LogP contribution < -0.4 is 5.32 Å². The molecule has 0 spiro atoms. The van der Waals surface area contributed by atoms with Crippen LogP contribution in [0.3, 0.4) is 0 Å². The Kier molecular flexibility index (Phi) is 2.32. The molecule has 2 aromatic heterocycles. The summed E-state index contributed by atoms with van der Waals surface area (Å²) in [6.45, 7) is 0. The lowest BCUT2D eigenvalue weighted by Crippen LogP contribution is -2.18. The third-order valence-corrected chi connectivity index (χ3v) is 2.16. The molecule has 0 fully saturated rings. The van der Waals surface area contributed by atoms with Crippen LogP contribution in [0.4, 0.5) is 0 Å². The topological polar surface area (TPSA) is 83.7 Å². The van der Waals surface area contributed by atoms with Gasteiger partial charge in [0.25, 0.3) is 5.91 Å². The summed E-state index contributed by atoms with van der Waals surface area (Å²) in [7, 11) is 1.53. The van der Waals surface area contributed by atoms with Crippen LogP contribution in [0.15, 0.2) is 24.5 Å². The number of nitrogens with one attached hydrogen (secondary N) is 1. The van der Waals surface area contributed by atoms with Crippen molar-refractivity contribution < 1.29 is 14.7 Å². The average Bonchev–Trinajstić information content (AvgIpc) is 2.70. The average molecular weight is 219 g/mol. The number of carbonyl (C=O) groups is 2. The van der Waals surface area contributed by atoms with Crippen LogP contribution in [-0.4, -0.2) is 33.4 Å². The molecule has 2 N–H and O–H groups in total. The van der Waals surface area contributed by atoms with E-state index in [2.05, 4.69) is 10.3 Å². The van der Waals surface area contributed by atoms with Crippen molar-refractivity contribution in [1.82, 2.24) is 14.7 Å². The SMILES string of the molecule is CNC(=O)c1ccc2nc(C(=O)O)cn2c1. The van der Waals surface area contributed by atoms with Crippen molar-refractivity contribution >= 4 is 17.5 Å². The molecule has 0 aromatic carbocycles. The molecule has 0 bridgehead atoms. The van der Waals surface area contributed by atoms with Crippen molar-refractivity contribution in [2.75, 3.05) is 7.05 Å². The Bertz CT molecular complexity index is 574. The predicted octanol–water partition coefficient (Wildman–Crippen LogP) is 0.392. The highest BCUT2D eigenvalue weighted by atomic mass is 16.4. The maximum Gasteiger partial charge on any atom is 0.356 e. The van der Waals surface area contributed by atoms with E-state index in [0.29, 0.717) is 11.2 Å². The molecule has 2 aromatic rings. The molecule has 0 radical (unpaired) electrons. The number of pyridine rings is 1. The standard InChI is InChI=1S/C10H9N3O3/c1-11-9(14)6-2-3-8-12-7(10(15)16)5-13(8)4-6/h2-5H,1H3,(H,11,14)(H,15,16). The van der Waals surface area contributed by atoms with E-state index in [9.17, 15) is 9.59 Å². The van der Waals surface area contributed by atoms with Gasteiger partial charge in [0.15, 0.2) is 5.69 Å². The van der Waals surface area contributed by atoms with Gasteiger partial charge < -0.3 is 14.8 Å². The fourth-order valence-electron chi connectivity index (χ4n) is 1.37. The molecule has 6 nitrogen and oxygen atoms in total. The lowest BCUT2D eigenvalue weighted by molar-refractivity contribution is 0.0691. The highest BCUT2D eigenvalue weighted by molar-refractivity contribution is 5.94. The van der Waals surface area contributed by atoms with Gasteiger partial charge in [0.2, 0.25) is 0 Å². The summed E-state index contributed by atoms with van der Waals surface area (Å²) < 4.78 is 1.51. The van der Waals surface area contributed by atoms with Gasteiger partial charge in [-0.15, -0.1) is 0 Å². The smallest absolute Gasteiger partial charge is 0.356 e. The van der Waals surface area contributed by atoms with E-state index in [4.69, 9.17) is 5.11 Å². The van der Waals surface area contributed by atoms with Crippen molar-refractivity contribution in [1.29, 1.82) is 0 Å². The molecule has 0 aliphatic carbocycles. The van der Waals surface area contributed by atoms with Crippen molar-refractivity contribution in [3.05, 3.63) is 35.8 Å². The number of hydrogen-bond acceptors (Lipinski definition) is 3. The molecule has 0 aliphatic heterocycles. The van der Waals surface area contributed by atoms with E-state index in [1.54, 1.807) is 12.1 Å². The van der Waals surface area contributed by atoms with Gasteiger partial charge in [0.1, 0.15) is 5.65 Å². The van der Waals surface area contributed by atoms with Gasteiger partial charge in [-0.2, -0.15) is 0 Å². The van der Waals surface area contributed by atoms with Gasteiger partial charge >= 0.3 is 5.97 Å². The van der Waals surface area contributed by atoms with E-state index in [1.807, 2.05) is 0 Å². The number of fused-ring (bicyclic) bond motifs is 1. The number of carbonyl (C=O) groups excluding carboxylic acids is 1. The summed E-state index contributed by atoms with van der Waals surface area (Å²) in [5.74, 6) is -1.32. The van der Waals surface area contributed by atoms with Crippen LogP contribution in [-0.2, 0) is 0 Å². The Balaban J connectivity index is 2.53. The van der Waals surface area contributed by atoms with Crippen LogP contribution in [0.2, 0.25) is 0 Å². The van der Waals surface area contributed by atoms with Crippen LogP contribution in [0.5, 0.6) is 0 Å². The van der Waals surface area contributed by atoms with Gasteiger partial charge in [0, 0.05) is 19.4 Å². The number of imidazole rings is 1. The minimum Gasteiger partial charge on any atom is -0.476 e. The molecule has 82 valence electrons. The molecule has 2 rings (SSSR count). The van der Waals surface area contributed by atoms with Crippen molar-refractivity contribution in [3.63, 3.8) is 0 Å². The Morgan fingerprint density at radius 1 is 1.38 bits per heavy atom. The lowest BCUT2D eigenvalue weighted by Gasteiger charge is -1.99. The zero-order chi connectivity index (χ0) is 11.7. The molecule has 16 heavy (non-hydrogen) atoms. The van der Waals surface area contributed by atoms with Gasteiger partial charge in [-0.25, -0.2) is 9.78 Å². The molecule has 2 heterocycles. The monoisotopic (exact) mass is 219 g/mol. The zero-order valence-corrected chi connectivity index (χ0v) is 8.47. The Hall–Kier alpha value is -2.37. The molecule has 1 amide bonds. The highest BCUT2D eigenvalue weighted by Gasteiger charge is 2.10. The summed E-state index contributed by atoms with van der Waals surface area (Å²) in [4.78, 5) is 25.9. The number of aromatic carboxylic acids is 1. The fraction of sp³-hybridized carbons (Fsp3) is 0.100. The molecular formula is C10H9N3O3. The number of aromatic nitrogens is 2. The number of hydrogen-bond donors (Lipinski definition) is 2. The third-order valence-electron chi connectivity index (χ3n) is 2.16.